The first-order chi connectivity index (χ1) is 8.02. The predicted octanol–water partition coefficient (Wildman–Crippen LogP) is 0.971. The summed E-state index contributed by atoms with van der Waals surface area (Å²) in [5.41, 5.74) is 0.290. The summed E-state index contributed by atoms with van der Waals surface area (Å²) >= 11 is 1.79. The molecule has 0 bridgehead atoms. The maximum Gasteiger partial charge on any atom is 0.348 e. The van der Waals surface area contributed by atoms with Gasteiger partial charge in [-0.3, -0.25) is 0 Å². The molecule has 0 saturated heterocycles. The van der Waals surface area contributed by atoms with Crippen molar-refractivity contribution < 1.29 is 0 Å². The highest BCUT2D eigenvalue weighted by molar-refractivity contribution is 7.99. The molecular weight excluding hydrogens is 238 g/mol. The number of hydrogen-bond acceptors (Lipinski definition) is 5. The van der Waals surface area contributed by atoms with Crippen LogP contribution >= 0.6 is 11.8 Å². The molecule has 17 heavy (non-hydrogen) atoms. The summed E-state index contributed by atoms with van der Waals surface area (Å²) < 4.78 is 1.50. The molecule has 2 rings (SSSR count). The molecule has 0 saturated carbocycles. The Labute approximate surface area is 103 Å². The van der Waals surface area contributed by atoms with E-state index in [1.54, 1.807) is 17.8 Å². The van der Waals surface area contributed by atoms with E-state index in [-0.39, 0.29) is 10.4 Å². The molecule has 6 nitrogen and oxygen atoms in total. The molecule has 0 amide bonds. The smallest absolute Gasteiger partial charge is 0.348 e. The molecule has 0 unspecified atom stereocenters. The van der Waals surface area contributed by atoms with Crippen LogP contribution < -0.4 is 11.0 Å². The van der Waals surface area contributed by atoms with E-state index in [9.17, 15) is 4.79 Å². The molecule has 0 radical (unpaired) electrons. The summed E-state index contributed by atoms with van der Waals surface area (Å²) in [5.74, 6) is 0.721. The monoisotopic (exact) mass is 253 g/mol. The number of hydrogen-bond donors (Lipinski definition) is 2. The highest BCUT2D eigenvalue weighted by Gasteiger charge is 2.15. The van der Waals surface area contributed by atoms with Crippen LogP contribution in [0.1, 0.15) is 13.8 Å². The second-order valence-corrected chi connectivity index (χ2v) is 5.86. The van der Waals surface area contributed by atoms with Crippen molar-refractivity contribution in [3.8, 4) is 0 Å². The van der Waals surface area contributed by atoms with Crippen molar-refractivity contribution >= 4 is 23.2 Å². The van der Waals surface area contributed by atoms with Crippen molar-refractivity contribution in [3.63, 3.8) is 0 Å². The summed E-state index contributed by atoms with van der Waals surface area (Å²) in [6, 6.07) is 1.74. The van der Waals surface area contributed by atoms with Gasteiger partial charge < -0.3 is 5.32 Å². The van der Waals surface area contributed by atoms with Crippen LogP contribution in [0.2, 0.25) is 0 Å². The summed E-state index contributed by atoms with van der Waals surface area (Å²) in [5, 5.41) is 9.49. The summed E-state index contributed by atoms with van der Waals surface area (Å²) in [6.07, 6.45) is 3.54. The standard InChI is InChI=1S/C10H15N5OS/c1-10(2,17-3)5-11-7-4-8-13-14-9(16)15(8)6-12-7/h4,6,11H,5H2,1-3H3,(H,14,16). The first kappa shape index (κ1) is 12.0. The lowest BCUT2D eigenvalue weighted by Gasteiger charge is -2.22. The van der Waals surface area contributed by atoms with Gasteiger partial charge >= 0.3 is 5.69 Å². The van der Waals surface area contributed by atoms with E-state index in [0.717, 1.165) is 12.4 Å². The molecule has 0 spiro atoms. The largest absolute Gasteiger partial charge is 0.369 e. The van der Waals surface area contributed by atoms with Gasteiger partial charge in [0.2, 0.25) is 0 Å². The Morgan fingerprint density at radius 2 is 2.35 bits per heavy atom. The highest BCUT2D eigenvalue weighted by Crippen LogP contribution is 2.21. The van der Waals surface area contributed by atoms with Gasteiger partial charge in [-0.05, 0) is 20.1 Å². The topological polar surface area (TPSA) is 75.1 Å². The molecule has 0 aliphatic carbocycles. The van der Waals surface area contributed by atoms with E-state index >= 15 is 0 Å². The van der Waals surface area contributed by atoms with E-state index in [1.807, 2.05) is 0 Å². The number of H-pyrrole nitrogens is 1. The number of nitrogens with one attached hydrogen (secondary N) is 2. The molecule has 0 aliphatic rings. The molecule has 0 aromatic carbocycles. The lowest BCUT2D eigenvalue weighted by atomic mass is 10.2. The molecule has 0 fully saturated rings. The molecule has 7 heteroatoms. The van der Waals surface area contributed by atoms with Crippen LogP contribution in [-0.2, 0) is 0 Å². The molecule has 2 heterocycles. The lowest BCUT2D eigenvalue weighted by molar-refractivity contribution is 0.749. The summed E-state index contributed by atoms with van der Waals surface area (Å²) in [7, 11) is 0. The van der Waals surface area contributed by atoms with E-state index in [4.69, 9.17) is 0 Å². The third-order valence-corrected chi connectivity index (χ3v) is 3.81. The molecular formula is C10H15N5OS. The van der Waals surface area contributed by atoms with Crippen molar-refractivity contribution in [3.05, 3.63) is 22.9 Å². The fourth-order valence-electron chi connectivity index (χ4n) is 1.28. The van der Waals surface area contributed by atoms with Gasteiger partial charge in [-0.15, -0.1) is 0 Å². The number of rotatable bonds is 4. The van der Waals surface area contributed by atoms with Crippen molar-refractivity contribution in [2.75, 3.05) is 18.1 Å². The zero-order valence-corrected chi connectivity index (χ0v) is 10.8. The van der Waals surface area contributed by atoms with E-state index in [2.05, 4.69) is 40.6 Å². The normalized spacial score (nSPS) is 11.9. The fraction of sp³-hybridized carbons (Fsp3) is 0.500. The molecule has 92 valence electrons. The SMILES string of the molecule is CSC(C)(C)CNc1cc2n[nH]c(=O)n2cn1. The predicted molar refractivity (Wildman–Crippen MR) is 69.7 cm³/mol. The Kier molecular flexibility index (Phi) is 3.10. The van der Waals surface area contributed by atoms with Crippen molar-refractivity contribution in [2.24, 2.45) is 0 Å². The average Bonchev–Trinajstić information content (AvgIpc) is 2.68. The maximum atomic E-state index is 11.2. The third kappa shape index (κ3) is 2.60. The third-order valence-electron chi connectivity index (χ3n) is 2.56. The Morgan fingerprint density at radius 3 is 3.06 bits per heavy atom. The quantitative estimate of drug-likeness (QED) is 0.849. The minimum Gasteiger partial charge on any atom is -0.369 e. The zero-order valence-electron chi connectivity index (χ0n) is 10.0. The number of aromatic amines is 1. The van der Waals surface area contributed by atoms with E-state index < -0.39 is 0 Å². The number of aromatic nitrogens is 4. The van der Waals surface area contributed by atoms with Crippen LogP contribution in [0.4, 0.5) is 5.82 Å². The van der Waals surface area contributed by atoms with Crippen LogP contribution in [0.5, 0.6) is 0 Å². The fourth-order valence-corrected chi connectivity index (χ4v) is 1.50. The van der Waals surface area contributed by atoms with Crippen molar-refractivity contribution in [1.29, 1.82) is 0 Å². The minimum atomic E-state index is -0.275. The summed E-state index contributed by atoms with van der Waals surface area (Å²) in [4.78, 5) is 15.4. The summed E-state index contributed by atoms with van der Waals surface area (Å²) in [6.45, 7) is 5.11. The van der Waals surface area contributed by atoms with E-state index in [1.165, 1.54) is 10.7 Å². The number of thioether (sulfide) groups is 1. The van der Waals surface area contributed by atoms with Crippen LogP contribution in [0, 0.1) is 0 Å². The highest BCUT2D eigenvalue weighted by atomic mass is 32.2. The minimum absolute atomic E-state index is 0.138. The molecule has 2 N–H and O–H groups in total. The van der Waals surface area contributed by atoms with Gasteiger partial charge in [0.1, 0.15) is 12.1 Å². The van der Waals surface area contributed by atoms with Gasteiger partial charge in [0, 0.05) is 17.4 Å². The average molecular weight is 253 g/mol. The molecule has 2 aromatic heterocycles. The van der Waals surface area contributed by atoms with Crippen molar-refractivity contribution in [2.45, 2.75) is 18.6 Å². The van der Waals surface area contributed by atoms with Crippen molar-refractivity contribution in [1.82, 2.24) is 19.6 Å². The molecule has 2 aromatic rings. The number of anilines is 1. The van der Waals surface area contributed by atoms with Crippen LogP contribution in [0.3, 0.4) is 0 Å². The Morgan fingerprint density at radius 1 is 1.59 bits per heavy atom. The maximum absolute atomic E-state index is 11.2. The second kappa shape index (κ2) is 4.40. The zero-order chi connectivity index (χ0) is 12.5. The Hall–Kier alpha value is -1.50. The first-order valence-corrected chi connectivity index (χ1v) is 6.46. The van der Waals surface area contributed by atoms with Gasteiger partial charge in [-0.2, -0.15) is 16.9 Å². The van der Waals surface area contributed by atoms with E-state index in [0.29, 0.717) is 5.65 Å². The Balaban J connectivity index is 2.17. The van der Waals surface area contributed by atoms with Crippen LogP contribution in [-0.4, -0.2) is 37.1 Å². The van der Waals surface area contributed by atoms with Crippen LogP contribution in [0.25, 0.3) is 5.65 Å². The first-order valence-electron chi connectivity index (χ1n) is 5.24. The second-order valence-electron chi connectivity index (χ2n) is 4.35. The molecule has 0 aliphatic heterocycles. The van der Waals surface area contributed by atoms with Gasteiger partial charge in [0.15, 0.2) is 5.65 Å². The lowest BCUT2D eigenvalue weighted by Crippen LogP contribution is -2.26. The Bertz CT molecular complexity index is 573. The van der Waals surface area contributed by atoms with Gasteiger partial charge in [-0.1, -0.05) is 0 Å². The van der Waals surface area contributed by atoms with Gasteiger partial charge in [0.25, 0.3) is 0 Å². The molecule has 0 atom stereocenters. The number of nitrogens with zero attached hydrogens (tertiary/aromatic N) is 3. The van der Waals surface area contributed by atoms with Gasteiger partial charge in [0.05, 0.1) is 0 Å². The van der Waals surface area contributed by atoms with Crippen LogP contribution in [0.15, 0.2) is 17.2 Å². The van der Waals surface area contributed by atoms with Gasteiger partial charge in [-0.25, -0.2) is 19.3 Å². The number of fused-ring (bicyclic) bond motifs is 1.